The van der Waals surface area contributed by atoms with Gasteiger partial charge in [0.05, 0.1) is 16.7 Å². The molecule has 126 valence electrons. The maximum absolute atomic E-state index is 6.13. The molecular weight excluding hydrogens is 313 g/mol. The first-order valence-electron chi connectivity index (χ1n) is 8.39. The molecule has 0 atom stereocenters. The highest BCUT2D eigenvalue weighted by atomic mass is 16.7. The Morgan fingerprint density at radius 3 is 2.24 bits per heavy atom. The van der Waals surface area contributed by atoms with Gasteiger partial charge < -0.3 is 9.31 Å². The molecule has 3 heterocycles. The third kappa shape index (κ3) is 2.81. The molecule has 1 aromatic carbocycles. The van der Waals surface area contributed by atoms with Crippen molar-refractivity contribution in [3.05, 3.63) is 48.8 Å². The van der Waals surface area contributed by atoms with Gasteiger partial charge in [0, 0.05) is 12.4 Å². The fourth-order valence-corrected chi connectivity index (χ4v) is 2.83. The molecule has 6 heteroatoms. The van der Waals surface area contributed by atoms with Gasteiger partial charge in [-0.25, -0.2) is 15.0 Å². The van der Waals surface area contributed by atoms with Crippen LogP contribution in [0.25, 0.3) is 22.4 Å². The summed E-state index contributed by atoms with van der Waals surface area (Å²) in [6.07, 6.45) is 3.44. The summed E-state index contributed by atoms with van der Waals surface area (Å²) >= 11 is 0. The van der Waals surface area contributed by atoms with E-state index in [0.29, 0.717) is 5.82 Å². The summed E-state index contributed by atoms with van der Waals surface area (Å²) in [5, 5.41) is 1.03. The predicted octanol–water partition coefficient (Wildman–Crippen LogP) is 2.99. The van der Waals surface area contributed by atoms with E-state index in [2.05, 4.69) is 48.7 Å². The summed E-state index contributed by atoms with van der Waals surface area (Å²) in [7, 11) is -0.369. The quantitative estimate of drug-likeness (QED) is 0.675. The number of nitrogens with zero attached hydrogens (tertiary/aromatic N) is 3. The van der Waals surface area contributed by atoms with Crippen LogP contribution >= 0.6 is 0 Å². The fourth-order valence-electron chi connectivity index (χ4n) is 2.83. The molecule has 0 bridgehead atoms. The van der Waals surface area contributed by atoms with Crippen LogP contribution in [0.2, 0.25) is 0 Å². The molecule has 4 rings (SSSR count). The molecule has 0 unspecified atom stereocenters. The first-order valence-corrected chi connectivity index (χ1v) is 8.39. The lowest BCUT2D eigenvalue weighted by molar-refractivity contribution is 0.00578. The lowest BCUT2D eigenvalue weighted by Crippen LogP contribution is -2.41. The average Bonchev–Trinajstić information content (AvgIpc) is 2.82. The molecule has 3 aromatic rings. The van der Waals surface area contributed by atoms with Gasteiger partial charge in [0.2, 0.25) is 0 Å². The second kappa shape index (κ2) is 5.61. The van der Waals surface area contributed by atoms with Crippen LogP contribution in [0.3, 0.4) is 0 Å². The number of aromatic nitrogens is 3. The summed E-state index contributed by atoms with van der Waals surface area (Å²) in [4.78, 5) is 13.2. The minimum atomic E-state index is -0.369. The van der Waals surface area contributed by atoms with Crippen LogP contribution in [-0.4, -0.2) is 33.3 Å². The zero-order valence-corrected chi connectivity index (χ0v) is 14.9. The van der Waals surface area contributed by atoms with Crippen LogP contribution in [0.4, 0.5) is 0 Å². The molecule has 1 saturated heterocycles. The minimum Gasteiger partial charge on any atom is -0.399 e. The van der Waals surface area contributed by atoms with Crippen molar-refractivity contribution in [2.45, 2.75) is 38.9 Å². The maximum atomic E-state index is 6.13. The van der Waals surface area contributed by atoms with Crippen molar-refractivity contribution in [1.29, 1.82) is 0 Å². The Hall–Kier alpha value is -2.31. The predicted molar refractivity (Wildman–Crippen MR) is 98.5 cm³/mol. The Bertz CT molecular complexity index is 912. The van der Waals surface area contributed by atoms with E-state index in [0.717, 1.165) is 22.1 Å². The molecule has 0 spiro atoms. The molecule has 1 aliphatic heterocycles. The van der Waals surface area contributed by atoms with E-state index in [1.807, 2.05) is 24.3 Å². The molecular formula is C19H20BN3O2. The van der Waals surface area contributed by atoms with Crippen molar-refractivity contribution in [1.82, 2.24) is 15.0 Å². The molecule has 0 aliphatic carbocycles. The van der Waals surface area contributed by atoms with E-state index < -0.39 is 0 Å². The zero-order valence-electron chi connectivity index (χ0n) is 14.9. The van der Waals surface area contributed by atoms with E-state index in [9.17, 15) is 0 Å². The van der Waals surface area contributed by atoms with E-state index in [1.54, 1.807) is 18.5 Å². The number of rotatable bonds is 2. The second-order valence-electron chi connectivity index (χ2n) is 7.31. The third-order valence-electron chi connectivity index (χ3n) is 5.03. The highest BCUT2D eigenvalue weighted by Crippen LogP contribution is 2.36. The maximum Gasteiger partial charge on any atom is 0.494 e. The van der Waals surface area contributed by atoms with Crippen molar-refractivity contribution >= 4 is 23.5 Å². The van der Waals surface area contributed by atoms with Gasteiger partial charge >= 0.3 is 7.12 Å². The molecule has 1 fully saturated rings. The molecule has 25 heavy (non-hydrogen) atoms. The Kier molecular flexibility index (Phi) is 3.63. The highest BCUT2D eigenvalue weighted by molar-refractivity contribution is 6.62. The first kappa shape index (κ1) is 16.2. The van der Waals surface area contributed by atoms with Gasteiger partial charge in [0.1, 0.15) is 5.69 Å². The lowest BCUT2D eigenvalue weighted by atomic mass is 9.78. The number of benzene rings is 1. The monoisotopic (exact) mass is 333 g/mol. The normalized spacial score (nSPS) is 18.6. The topological polar surface area (TPSA) is 57.1 Å². The summed E-state index contributed by atoms with van der Waals surface area (Å²) in [5.74, 6) is 0.624. The summed E-state index contributed by atoms with van der Waals surface area (Å²) in [6, 6.07) is 11.8. The highest BCUT2D eigenvalue weighted by Gasteiger charge is 2.51. The van der Waals surface area contributed by atoms with Crippen LogP contribution in [0.1, 0.15) is 27.7 Å². The molecule has 0 saturated carbocycles. The Balaban J connectivity index is 1.68. The molecule has 0 amide bonds. The van der Waals surface area contributed by atoms with Gasteiger partial charge in [-0.3, -0.25) is 0 Å². The van der Waals surface area contributed by atoms with Crippen LogP contribution in [-0.2, 0) is 9.31 Å². The van der Waals surface area contributed by atoms with E-state index in [1.165, 1.54) is 0 Å². The van der Waals surface area contributed by atoms with Crippen LogP contribution in [0.5, 0.6) is 0 Å². The van der Waals surface area contributed by atoms with Gasteiger partial charge in [-0.15, -0.1) is 0 Å². The van der Waals surface area contributed by atoms with Gasteiger partial charge in [-0.2, -0.15) is 0 Å². The zero-order chi connectivity index (χ0) is 17.7. The Labute approximate surface area is 147 Å². The standard InChI is InChI=1S/C19H20BN3O2/c1-18(2)19(3,4)25-20(24-18)14-7-9-15-13(12-14)6-8-16(23-15)17-21-10-5-11-22-17/h5-12H,1-4H3. The van der Waals surface area contributed by atoms with Gasteiger partial charge in [-0.1, -0.05) is 18.2 Å². The number of fused-ring (bicyclic) bond motifs is 1. The second-order valence-corrected chi connectivity index (χ2v) is 7.31. The Morgan fingerprint density at radius 1 is 0.880 bits per heavy atom. The molecule has 0 N–H and O–H groups in total. The largest absolute Gasteiger partial charge is 0.494 e. The van der Waals surface area contributed by atoms with Crippen molar-refractivity contribution in [3.63, 3.8) is 0 Å². The van der Waals surface area contributed by atoms with Crippen LogP contribution < -0.4 is 5.46 Å². The number of pyridine rings is 1. The minimum absolute atomic E-state index is 0.348. The smallest absolute Gasteiger partial charge is 0.399 e. The molecule has 1 aliphatic rings. The van der Waals surface area contributed by atoms with Gasteiger partial charge in [-0.05, 0) is 56.7 Å². The molecule has 5 nitrogen and oxygen atoms in total. The van der Waals surface area contributed by atoms with Crippen molar-refractivity contribution in [3.8, 4) is 11.5 Å². The van der Waals surface area contributed by atoms with Crippen molar-refractivity contribution < 1.29 is 9.31 Å². The summed E-state index contributed by atoms with van der Waals surface area (Å²) in [6.45, 7) is 8.23. The molecule has 2 aromatic heterocycles. The summed E-state index contributed by atoms with van der Waals surface area (Å²) in [5.41, 5.74) is 1.96. The van der Waals surface area contributed by atoms with Crippen LogP contribution in [0, 0.1) is 0 Å². The van der Waals surface area contributed by atoms with Crippen molar-refractivity contribution in [2.75, 3.05) is 0 Å². The van der Waals surface area contributed by atoms with E-state index in [-0.39, 0.29) is 18.3 Å². The third-order valence-corrected chi connectivity index (χ3v) is 5.03. The first-order chi connectivity index (χ1) is 11.9. The fraction of sp³-hybridized carbons (Fsp3) is 0.316. The Morgan fingerprint density at radius 2 is 1.56 bits per heavy atom. The van der Waals surface area contributed by atoms with E-state index >= 15 is 0 Å². The average molecular weight is 333 g/mol. The molecule has 0 radical (unpaired) electrons. The van der Waals surface area contributed by atoms with Gasteiger partial charge in [0.15, 0.2) is 5.82 Å². The SMILES string of the molecule is CC1(C)OB(c2ccc3nc(-c4ncccn4)ccc3c2)OC1(C)C. The van der Waals surface area contributed by atoms with E-state index in [4.69, 9.17) is 9.31 Å². The summed E-state index contributed by atoms with van der Waals surface area (Å²) < 4.78 is 12.3. The lowest BCUT2D eigenvalue weighted by Gasteiger charge is -2.32. The van der Waals surface area contributed by atoms with Crippen molar-refractivity contribution in [2.24, 2.45) is 0 Å². The van der Waals surface area contributed by atoms with Crippen LogP contribution in [0.15, 0.2) is 48.8 Å². The number of hydrogen-bond acceptors (Lipinski definition) is 5. The van der Waals surface area contributed by atoms with Gasteiger partial charge in [0.25, 0.3) is 0 Å². The number of hydrogen-bond donors (Lipinski definition) is 0.